The second kappa shape index (κ2) is 2.54. The molecule has 2 aromatic heterocycles. The molecule has 2 heterocycles. The van der Waals surface area contributed by atoms with Crippen molar-refractivity contribution in [3.63, 3.8) is 0 Å². The minimum absolute atomic E-state index is 0.264. The molecule has 0 spiro atoms. The third kappa shape index (κ3) is 1.09. The fourth-order valence-electron chi connectivity index (χ4n) is 0.855. The molecule has 0 fully saturated rings. The van der Waals surface area contributed by atoms with Crippen LogP contribution in [0.2, 0.25) is 0 Å². The number of fused-ring (bicyclic) bond motifs is 1. The van der Waals surface area contributed by atoms with Gasteiger partial charge >= 0.3 is 0 Å². The van der Waals surface area contributed by atoms with Gasteiger partial charge in [-0.2, -0.15) is 0 Å². The Morgan fingerprint density at radius 1 is 1.55 bits per heavy atom. The van der Waals surface area contributed by atoms with Crippen LogP contribution in [0.15, 0.2) is 17.6 Å². The first kappa shape index (κ1) is 6.67. The Morgan fingerprint density at radius 3 is 3.27 bits per heavy atom. The van der Waals surface area contributed by atoms with Gasteiger partial charge in [0.25, 0.3) is 0 Å². The third-order valence-corrected chi connectivity index (χ3v) is 2.20. The highest BCUT2D eigenvalue weighted by atomic mass is 32.1. The van der Waals surface area contributed by atoms with Gasteiger partial charge in [-0.15, -0.1) is 11.3 Å². The van der Waals surface area contributed by atoms with Crippen LogP contribution in [0.5, 0.6) is 0 Å². The molecule has 0 unspecified atom stereocenters. The van der Waals surface area contributed by atoms with E-state index in [0.29, 0.717) is 0 Å². The van der Waals surface area contributed by atoms with E-state index in [1.165, 1.54) is 11.3 Å². The summed E-state index contributed by atoms with van der Waals surface area (Å²) in [4.78, 5) is 8.66. The van der Waals surface area contributed by atoms with E-state index in [1.807, 2.05) is 11.4 Å². The van der Waals surface area contributed by atoms with E-state index in [2.05, 4.69) is 9.97 Å². The van der Waals surface area contributed by atoms with Gasteiger partial charge in [0, 0.05) is 11.6 Å². The van der Waals surface area contributed by atoms with Crippen LogP contribution in [0.3, 0.4) is 0 Å². The monoisotopic (exact) mass is 168 g/mol. The molecule has 0 radical (unpaired) electrons. The molecule has 0 aliphatic heterocycles. The molecule has 0 amide bonds. The van der Waals surface area contributed by atoms with E-state index in [9.17, 15) is 4.39 Å². The van der Waals surface area contributed by atoms with Crippen molar-refractivity contribution in [1.82, 2.24) is 9.97 Å². The Hall–Kier alpha value is -1.03. The first-order chi connectivity index (χ1) is 5.40. The average Bonchev–Trinajstić information content (AvgIpc) is 2.50. The number of thiophene rings is 1. The lowest BCUT2D eigenvalue weighted by Gasteiger charge is -1.90. The van der Waals surface area contributed by atoms with E-state index < -0.39 is 6.67 Å². The number of hydrogen-bond acceptors (Lipinski definition) is 3. The van der Waals surface area contributed by atoms with Crippen LogP contribution >= 0.6 is 11.3 Å². The maximum Gasteiger partial charge on any atom is 0.161 e. The highest BCUT2D eigenvalue weighted by Gasteiger charge is 1.98. The van der Waals surface area contributed by atoms with Crippen molar-refractivity contribution >= 4 is 21.6 Å². The molecular weight excluding hydrogens is 163 g/mol. The van der Waals surface area contributed by atoms with Crippen molar-refractivity contribution < 1.29 is 4.39 Å². The van der Waals surface area contributed by atoms with E-state index in [0.717, 1.165) is 10.2 Å². The summed E-state index contributed by atoms with van der Waals surface area (Å²) in [5.74, 6) is 0.264. The lowest BCUT2D eigenvalue weighted by Crippen LogP contribution is -1.88. The number of nitrogens with zero attached hydrogens (tertiary/aromatic N) is 2. The molecule has 0 bridgehead atoms. The van der Waals surface area contributed by atoms with Gasteiger partial charge in [0.15, 0.2) is 5.82 Å². The van der Waals surface area contributed by atoms with Gasteiger partial charge in [-0.25, -0.2) is 14.4 Å². The van der Waals surface area contributed by atoms with Crippen molar-refractivity contribution in [3.05, 3.63) is 23.5 Å². The van der Waals surface area contributed by atoms with Gasteiger partial charge in [-0.05, 0) is 11.4 Å². The van der Waals surface area contributed by atoms with Crippen LogP contribution in [0.25, 0.3) is 10.2 Å². The predicted molar refractivity (Wildman–Crippen MR) is 42.2 cm³/mol. The largest absolute Gasteiger partial charge is 0.242 e. The highest BCUT2D eigenvalue weighted by Crippen LogP contribution is 2.16. The second-order valence-electron chi connectivity index (χ2n) is 2.10. The van der Waals surface area contributed by atoms with Crippen LogP contribution in [-0.2, 0) is 6.67 Å². The molecule has 2 rings (SSSR count). The van der Waals surface area contributed by atoms with Crippen LogP contribution in [-0.4, -0.2) is 9.97 Å². The predicted octanol–water partition coefficient (Wildman–Crippen LogP) is 2.16. The minimum Gasteiger partial charge on any atom is -0.242 e. The van der Waals surface area contributed by atoms with E-state index in [1.54, 1.807) is 6.20 Å². The van der Waals surface area contributed by atoms with Crippen LogP contribution in [0, 0.1) is 0 Å². The summed E-state index contributed by atoms with van der Waals surface area (Å²) < 4.78 is 12.0. The van der Waals surface area contributed by atoms with Crippen LogP contribution in [0.1, 0.15) is 5.82 Å². The standard InChI is InChI=1S/C7H5FN2S/c8-3-6-9-4-5-1-2-11-7(5)10-6/h1-2,4H,3H2. The summed E-state index contributed by atoms with van der Waals surface area (Å²) in [5.41, 5.74) is 0. The maximum atomic E-state index is 12.0. The molecule has 56 valence electrons. The number of alkyl halides is 1. The second-order valence-corrected chi connectivity index (χ2v) is 3.00. The fraction of sp³-hybridized carbons (Fsp3) is 0.143. The zero-order chi connectivity index (χ0) is 7.68. The zero-order valence-electron chi connectivity index (χ0n) is 5.62. The molecular formula is C7H5FN2S. The SMILES string of the molecule is FCc1ncc2ccsc2n1. The molecule has 0 atom stereocenters. The van der Waals surface area contributed by atoms with Crippen molar-refractivity contribution in [2.24, 2.45) is 0 Å². The van der Waals surface area contributed by atoms with Gasteiger partial charge in [-0.1, -0.05) is 0 Å². The fourth-order valence-corrected chi connectivity index (χ4v) is 1.61. The van der Waals surface area contributed by atoms with E-state index in [4.69, 9.17) is 0 Å². The Kier molecular flexibility index (Phi) is 1.54. The summed E-state index contributed by atoms with van der Waals surface area (Å²) in [5, 5.41) is 2.90. The lowest BCUT2D eigenvalue weighted by atomic mass is 10.4. The molecule has 11 heavy (non-hydrogen) atoms. The molecule has 0 saturated heterocycles. The van der Waals surface area contributed by atoms with Gasteiger partial charge in [0.1, 0.15) is 11.5 Å². The normalized spacial score (nSPS) is 10.6. The summed E-state index contributed by atoms with van der Waals surface area (Å²) >= 11 is 1.50. The van der Waals surface area contributed by atoms with E-state index >= 15 is 0 Å². The molecule has 0 saturated carbocycles. The number of hydrogen-bond donors (Lipinski definition) is 0. The maximum absolute atomic E-state index is 12.0. The highest BCUT2D eigenvalue weighted by molar-refractivity contribution is 7.16. The van der Waals surface area contributed by atoms with Crippen molar-refractivity contribution in [2.45, 2.75) is 6.67 Å². The number of rotatable bonds is 1. The van der Waals surface area contributed by atoms with Gasteiger partial charge < -0.3 is 0 Å². The summed E-state index contributed by atoms with van der Waals surface area (Å²) in [6, 6.07) is 1.92. The number of halogens is 1. The lowest BCUT2D eigenvalue weighted by molar-refractivity contribution is 0.467. The first-order valence-corrected chi connectivity index (χ1v) is 4.03. The molecule has 4 heteroatoms. The Bertz CT molecular complexity index is 371. The van der Waals surface area contributed by atoms with Gasteiger partial charge in [0.05, 0.1) is 0 Å². The van der Waals surface area contributed by atoms with Crippen molar-refractivity contribution in [3.8, 4) is 0 Å². The molecule has 2 aromatic rings. The molecule has 2 nitrogen and oxygen atoms in total. The third-order valence-electron chi connectivity index (χ3n) is 1.38. The van der Waals surface area contributed by atoms with Crippen LogP contribution < -0.4 is 0 Å². The molecule has 0 aromatic carbocycles. The van der Waals surface area contributed by atoms with Crippen LogP contribution in [0.4, 0.5) is 4.39 Å². The summed E-state index contributed by atoms with van der Waals surface area (Å²) in [6.45, 7) is -0.589. The number of aromatic nitrogens is 2. The quantitative estimate of drug-likeness (QED) is 0.652. The minimum atomic E-state index is -0.589. The smallest absolute Gasteiger partial charge is 0.161 e. The van der Waals surface area contributed by atoms with Gasteiger partial charge in [-0.3, -0.25) is 0 Å². The van der Waals surface area contributed by atoms with Gasteiger partial charge in [0.2, 0.25) is 0 Å². The van der Waals surface area contributed by atoms with E-state index in [-0.39, 0.29) is 5.82 Å². The molecule has 0 aliphatic rings. The Balaban J connectivity index is 2.67. The average molecular weight is 168 g/mol. The first-order valence-electron chi connectivity index (χ1n) is 3.15. The van der Waals surface area contributed by atoms with Crippen molar-refractivity contribution in [1.29, 1.82) is 0 Å². The summed E-state index contributed by atoms with van der Waals surface area (Å²) in [6.07, 6.45) is 1.65. The topological polar surface area (TPSA) is 25.8 Å². The zero-order valence-corrected chi connectivity index (χ0v) is 6.44. The Morgan fingerprint density at radius 2 is 2.45 bits per heavy atom. The Labute approximate surface area is 66.7 Å². The molecule has 0 N–H and O–H groups in total. The molecule has 0 aliphatic carbocycles. The summed E-state index contributed by atoms with van der Waals surface area (Å²) in [7, 11) is 0. The van der Waals surface area contributed by atoms with Crippen molar-refractivity contribution in [2.75, 3.05) is 0 Å².